The molecule has 1 saturated heterocycles. The first-order valence-electron chi connectivity index (χ1n) is 5.27. The van der Waals surface area contributed by atoms with Gasteiger partial charge in [-0.2, -0.15) is 0 Å². The predicted octanol–water partition coefficient (Wildman–Crippen LogP) is 2.43. The Labute approximate surface area is 94.8 Å². The molecule has 1 aromatic rings. The average Bonchev–Trinajstić information content (AvgIpc) is 2.54. The maximum absolute atomic E-state index is 11.6. The van der Waals surface area contributed by atoms with E-state index in [4.69, 9.17) is 9.47 Å². The molecule has 0 aliphatic carbocycles. The Morgan fingerprint density at radius 3 is 2.31 bits per heavy atom. The van der Waals surface area contributed by atoms with Gasteiger partial charge >= 0.3 is 6.09 Å². The minimum atomic E-state index is -0.287. The number of methoxy groups -OCH3 is 1. The summed E-state index contributed by atoms with van der Waals surface area (Å²) in [6, 6.07) is 7.43. The van der Waals surface area contributed by atoms with Crippen LogP contribution in [0.25, 0.3) is 0 Å². The Hall–Kier alpha value is -1.71. The van der Waals surface area contributed by atoms with Crippen molar-refractivity contribution in [3.63, 3.8) is 0 Å². The van der Waals surface area contributed by atoms with Crippen LogP contribution >= 0.6 is 0 Å². The molecule has 0 spiro atoms. The Morgan fingerprint density at radius 1 is 1.25 bits per heavy atom. The summed E-state index contributed by atoms with van der Waals surface area (Å²) in [6.45, 7) is 3.87. The van der Waals surface area contributed by atoms with Crippen LogP contribution in [0.5, 0.6) is 5.75 Å². The minimum Gasteiger partial charge on any atom is -0.497 e. The van der Waals surface area contributed by atoms with Gasteiger partial charge in [-0.15, -0.1) is 0 Å². The molecule has 0 N–H and O–H groups in total. The van der Waals surface area contributed by atoms with Crippen LogP contribution in [0.1, 0.15) is 13.8 Å². The molecule has 0 bridgehead atoms. The lowest BCUT2D eigenvalue weighted by Crippen LogP contribution is -2.32. The van der Waals surface area contributed by atoms with Gasteiger partial charge in [0.05, 0.1) is 13.2 Å². The molecular formula is C12H15NO3. The monoisotopic (exact) mass is 221 g/mol. The molecule has 0 saturated carbocycles. The van der Waals surface area contributed by atoms with Crippen molar-refractivity contribution >= 4 is 11.8 Å². The first-order valence-corrected chi connectivity index (χ1v) is 5.27. The van der Waals surface area contributed by atoms with Crippen LogP contribution in [-0.4, -0.2) is 25.3 Å². The largest absolute Gasteiger partial charge is 0.497 e. The van der Waals surface area contributed by atoms with E-state index in [9.17, 15) is 4.79 Å². The summed E-state index contributed by atoms with van der Waals surface area (Å²) >= 11 is 0. The van der Waals surface area contributed by atoms with E-state index in [2.05, 4.69) is 0 Å². The molecule has 4 heteroatoms. The van der Waals surface area contributed by atoms with Gasteiger partial charge < -0.3 is 9.47 Å². The van der Waals surface area contributed by atoms with Crippen LogP contribution in [0.3, 0.4) is 0 Å². The second-order valence-electron chi connectivity index (χ2n) is 3.90. The van der Waals surface area contributed by atoms with E-state index >= 15 is 0 Å². The van der Waals surface area contributed by atoms with Gasteiger partial charge in [-0.25, -0.2) is 4.79 Å². The molecule has 2 rings (SSSR count). The molecule has 16 heavy (non-hydrogen) atoms. The smallest absolute Gasteiger partial charge is 0.415 e. The van der Waals surface area contributed by atoms with Crippen LogP contribution in [-0.2, 0) is 4.74 Å². The highest BCUT2D eigenvalue weighted by molar-refractivity contribution is 5.90. The summed E-state index contributed by atoms with van der Waals surface area (Å²) < 4.78 is 10.2. The highest BCUT2D eigenvalue weighted by atomic mass is 16.6. The third-order valence-electron chi connectivity index (χ3n) is 2.92. The molecule has 1 amide bonds. The van der Waals surface area contributed by atoms with Gasteiger partial charge in [0.25, 0.3) is 0 Å². The van der Waals surface area contributed by atoms with Crippen LogP contribution in [0, 0.1) is 0 Å². The zero-order valence-corrected chi connectivity index (χ0v) is 9.64. The number of ether oxygens (including phenoxy) is 2. The Bertz CT molecular complexity index is 388. The Morgan fingerprint density at radius 2 is 1.88 bits per heavy atom. The van der Waals surface area contributed by atoms with Gasteiger partial charge in [-0.1, -0.05) is 0 Å². The predicted molar refractivity (Wildman–Crippen MR) is 60.9 cm³/mol. The molecular weight excluding hydrogens is 206 g/mol. The molecule has 1 aliphatic rings. The number of carbonyl (C=O) groups excluding carboxylic acids is 1. The molecule has 0 radical (unpaired) electrons. The van der Waals surface area contributed by atoms with E-state index in [0.29, 0.717) is 0 Å². The second kappa shape index (κ2) is 4.04. The number of amides is 1. The van der Waals surface area contributed by atoms with Gasteiger partial charge in [0, 0.05) is 5.69 Å². The van der Waals surface area contributed by atoms with E-state index < -0.39 is 0 Å². The van der Waals surface area contributed by atoms with Gasteiger partial charge in [-0.05, 0) is 38.1 Å². The summed E-state index contributed by atoms with van der Waals surface area (Å²) in [6.07, 6.45) is -0.361. The molecule has 1 heterocycles. The highest BCUT2D eigenvalue weighted by Crippen LogP contribution is 2.27. The van der Waals surface area contributed by atoms with Gasteiger partial charge in [0.2, 0.25) is 0 Å². The molecule has 86 valence electrons. The zero-order valence-electron chi connectivity index (χ0n) is 9.64. The number of benzene rings is 1. The summed E-state index contributed by atoms with van der Waals surface area (Å²) in [7, 11) is 1.61. The number of nitrogens with zero attached hydrogens (tertiary/aromatic N) is 1. The lowest BCUT2D eigenvalue weighted by molar-refractivity contribution is 0.143. The Balaban J connectivity index is 2.26. The van der Waals surface area contributed by atoms with Crippen molar-refractivity contribution in [2.75, 3.05) is 12.0 Å². The average molecular weight is 221 g/mol. The van der Waals surface area contributed by atoms with E-state index in [0.717, 1.165) is 11.4 Å². The number of cyclic esters (lactones) is 1. The SMILES string of the molecule is COc1ccc(N2C(=O)O[C@@H](C)[C@@H]2C)cc1. The minimum absolute atomic E-state index is 0.0564. The van der Waals surface area contributed by atoms with Crippen LogP contribution in [0.15, 0.2) is 24.3 Å². The highest BCUT2D eigenvalue weighted by Gasteiger charge is 2.36. The van der Waals surface area contributed by atoms with Crippen LogP contribution in [0.4, 0.5) is 10.5 Å². The topological polar surface area (TPSA) is 38.8 Å². The summed E-state index contributed by atoms with van der Waals surface area (Å²) in [5, 5.41) is 0. The number of rotatable bonds is 2. The van der Waals surface area contributed by atoms with Crippen molar-refractivity contribution in [3.8, 4) is 5.75 Å². The normalized spacial score (nSPS) is 24.4. The van der Waals surface area contributed by atoms with Gasteiger partial charge in [-0.3, -0.25) is 4.90 Å². The lowest BCUT2D eigenvalue weighted by atomic mass is 10.2. The van der Waals surface area contributed by atoms with Crippen LogP contribution < -0.4 is 9.64 Å². The molecule has 1 fully saturated rings. The molecule has 0 unspecified atom stereocenters. The summed E-state index contributed by atoms with van der Waals surface area (Å²) in [5.74, 6) is 0.775. The first-order chi connectivity index (χ1) is 7.63. The zero-order chi connectivity index (χ0) is 11.7. The third kappa shape index (κ3) is 1.71. The number of anilines is 1. The van der Waals surface area contributed by atoms with Crippen molar-refractivity contribution in [1.29, 1.82) is 0 Å². The number of carbonyl (C=O) groups is 1. The molecule has 1 aromatic carbocycles. The third-order valence-corrected chi connectivity index (χ3v) is 2.92. The second-order valence-corrected chi connectivity index (χ2v) is 3.90. The van der Waals surface area contributed by atoms with E-state index in [-0.39, 0.29) is 18.2 Å². The molecule has 1 aliphatic heterocycles. The van der Waals surface area contributed by atoms with E-state index in [1.807, 2.05) is 38.1 Å². The fourth-order valence-corrected chi connectivity index (χ4v) is 1.77. The lowest BCUT2D eigenvalue weighted by Gasteiger charge is -2.19. The molecule has 0 aromatic heterocycles. The number of hydrogen-bond acceptors (Lipinski definition) is 3. The van der Waals surface area contributed by atoms with Gasteiger partial charge in [0.1, 0.15) is 11.9 Å². The van der Waals surface area contributed by atoms with Crippen molar-refractivity contribution in [2.24, 2.45) is 0 Å². The molecule has 2 atom stereocenters. The standard InChI is InChI=1S/C12H15NO3/c1-8-9(2)16-12(14)13(8)10-4-6-11(15-3)7-5-10/h4-9H,1-3H3/t8-,9-/m0/s1. The maximum atomic E-state index is 11.6. The fourth-order valence-electron chi connectivity index (χ4n) is 1.77. The molecule has 4 nitrogen and oxygen atoms in total. The fraction of sp³-hybridized carbons (Fsp3) is 0.417. The van der Waals surface area contributed by atoms with Gasteiger partial charge in [0.15, 0.2) is 0 Å². The quantitative estimate of drug-likeness (QED) is 0.769. The Kier molecular flexibility index (Phi) is 2.73. The summed E-state index contributed by atoms with van der Waals surface area (Å²) in [5.41, 5.74) is 0.836. The maximum Gasteiger partial charge on any atom is 0.415 e. The van der Waals surface area contributed by atoms with E-state index in [1.165, 1.54) is 0 Å². The van der Waals surface area contributed by atoms with Crippen molar-refractivity contribution < 1.29 is 14.3 Å². The van der Waals surface area contributed by atoms with Crippen LogP contribution in [0.2, 0.25) is 0 Å². The van der Waals surface area contributed by atoms with E-state index in [1.54, 1.807) is 12.0 Å². The number of hydrogen-bond donors (Lipinski definition) is 0. The first kappa shape index (κ1) is 10.8. The van der Waals surface area contributed by atoms with Crippen molar-refractivity contribution in [2.45, 2.75) is 26.0 Å². The van der Waals surface area contributed by atoms with Crippen molar-refractivity contribution in [3.05, 3.63) is 24.3 Å². The summed E-state index contributed by atoms with van der Waals surface area (Å²) in [4.78, 5) is 13.3. The van der Waals surface area contributed by atoms with Crippen molar-refractivity contribution in [1.82, 2.24) is 0 Å².